The van der Waals surface area contributed by atoms with Crippen LogP contribution in [0.5, 0.6) is 5.75 Å². The summed E-state index contributed by atoms with van der Waals surface area (Å²) >= 11 is 0. The average molecular weight is 370 g/mol. The summed E-state index contributed by atoms with van der Waals surface area (Å²) in [4.78, 5) is 24.1. The van der Waals surface area contributed by atoms with Gasteiger partial charge in [0.15, 0.2) is 6.61 Å². The third-order valence-electron chi connectivity index (χ3n) is 3.81. The average Bonchev–Trinajstić information content (AvgIpc) is 2.60. The number of carbonyl (C=O) groups excluding carboxylic acids is 2. The van der Waals surface area contributed by atoms with Crippen LogP contribution in [0.25, 0.3) is 0 Å². The van der Waals surface area contributed by atoms with Gasteiger partial charge in [-0.15, -0.1) is 0 Å². The van der Waals surface area contributed by atoms with Gasteiger partial charge in [0.2, 0.25) is 0 Å². The molecule has 0 spiro atoms. The maximum atomic E-state index is 12.1. The van der Waals surface area contributed by atoms with Gasteiger partial charge in [0.05, 0.1) is 17.4 Å². The maximum absolute atomic E-state index is 12.1. The third kappa shape index (κ3) is 6.02. The molecule has 0 fully saturated rings. The molecule has 0 aromatic heterocycles. The van der Waals surface area contributed by atoms with Crippen molar-refractivity contribution in [3.8, 4) is 5.75 Å². The Morgan fingerprint density at radius 2 is 1.70 bits per heavy atom. The summed E-state index contributed by atoms with van der Waals surface area (Å²) in [6.07, 6.45) is -0.229. The molecule has 0 saturated carbocycles. The van der Waals surface area contributed by atoms with Gasteiger partial charge in [-0.1, -0.05) is 26.0 Å². The lowest BCUT2D eigenvalue weighted by molar-refractivity contribution is -0.118. The Balaban J connectivity index is 1.96. The molecule has 6 heteroatoms. The van der Waals surface area contributed by atoms with Crippen LogP contribution in [0.2, 0.25) is 0 Å². The van der Waals surface area contributed by atoms with Crippen molar-refractivity contribution in [3.05, 3.63) is 53.6 Å². The highest BCUT2D eigenvalue weighted by atomic mass is 16.5. The number of nitrogens with one attached hydrogen (secondary N) is 1. The second-order valence-electron chi connectivity index (χ2n) is 6.82. The lowest BCUT2D eigenvalue weighted by Crippen LogP contribution is -2.20. The van der Waals surface area contributed by atoms with Gasteiger partial charge in [0.25, 0.3) is 5.91 Å². The predicted molar refractivity (Wildman–Crippen MR) is 106 cm³/mol. The number of hydrogen-bond donors (Lipinski definition) is 2. The molecule has 2 aromatic carbocycles. The first-order chi connectivity index (χ1) is 12.8. The monoisotopic (exact) mass is 370 g/mol. The Bertz CT molecular complexity index is 798. The highest BCUT2D eigenvalue weighted by Crippen LogP contribution is 2.23. The van der Waals surface area contributed by atoms with E-state index in [4.69, 9.17) is 15.2 Å². The van der Waals surface area contributed by atoms with Crippen LogP contribution in [-0.4, -0.2) is 24.6 Å². The normalized spacial score (nSPS) is 10.7. The Kier molecular flexibility index (Phi) is 6.82. The number of anilines is 2. The summed E-state index contributed by atoms with van der Waals surface area (Å²) in [5, 5.41) is 2.76. The van der Waals surface area contributed by atoms with Crippen LogP contribution in [0, 0.1) is 0 Å². The van der Waals surface area contributed by atoms with E-state index in [1.54, 1.807) is 26.0 Å². The Morgan fingerprint density at radius 3 is 2.30 bits per heavy atom. The van der Waals surface area contributed by atoms with Gasteiger partial charge in [-0.25, -0.2) is 4.79 Å². The van der Waals surface area contributed by atoms with Crippen LogP contribution in [0.4, 0.5) is 11.4 Å². The van der Waals surface area contributed by atoms with Crippen molar-refractivity contribution in [1.82, 2.24) is 0 Å². The summed E-state index contributed by atoms with van der Waals surface area (Å²) in [7, 11) is 0. The summed E-state index contributed by atoms with van der Waals surface area (Å²) in [5.41, 5.74) is 8.41. The molecule has 3 N–H and O–H groups in total. The molecular formula is C21H26N2O4. The third-order valence-corrected chi connectivity index (χ3v) is 3.81. The molecule has 0 heterocycles. The largest absolute Gasteiger partial charge is 0.482 e. The van der Waals surface area contributed by atoms with Crippen molar-refractivity contribution >= 4 is 23.3 Å². The Labute approximate surface area is 159 Å². The Morgan fingerprint density at radius 1 is 1.04 bits per heavy atom. The fourth-order valence-corrected chi connectivity index (χ4v) is 2.36. The lowest BCUT2D eigenvalue weighted by Gasteiger charge is -2.12. The van der Waals surface area contributed by atoms with Crippen molar-refractivity contribution in [2.24, 2.45) is 0 Å². The van der Waals surface area contributed by atoms with Crippen LogP contribution in [0.1, 0.15) is 49.5 Å². The number of rotatable bonds is 7. The number of carbonyl (C=O) groups is 2. The van der Waals surface area contributed by atoms with E-state index < -0.39 is 5.97 Å². The van der Waals surface area contributed by atoms with Crippen LogP contribution < -0.4 is 15.8 Å². The molecule has 2 aromatic rings. The number of nitrogens with two attached hydrogens (primary N) is 1. The van der Waals surface area contributed by atoms with Gasteiger partial charge >= 0.3 is 5.97 Å². The minimum absolute atomic E-state index is 0.223. The molecule has 0 aliphatic heterocycles. The van der Waals surface area contributed by atoms with Crippen molar-refractivity contribution in [2.45, 2.75) is 39.7 Å². The molecule has 0 aliphatic carbocycles. The maximum Gasteiger partial charge on any atom is 0.338 e. The molecule has 0 bridgehead atoms. The van der Waals surface area contributed by atoms with Gasteiger partial charge in [-0.2, -0.15) is 0 Å². The van der Waals surface area contributed by atoms with Crippen LogP contribution in [0.3, 0.4) is 0 Å². The van der Waals surface area contributed by atoms with E-state index in [1.807, 2.05) is 24.3 Å². The predicted octanol–water partition coefficient (Wildman–Crippen LogP) is 3.97. The second-order valence-corrected chi connectivity index (χ2v) is 6.82. The number of benzene rings is 2. The molecule has 2 rings (SSSR count). The molecule has 27 heavy (non-hydrogen) atoms. The van der Waals surface area contributed by atoms with Crippen molar-refractivity contribution < 1.29 is 19.1 Å². The van der Waals surface area contributed by atoms with E-state index in [-0.39, 0.29) is 24.4 Å². The summed E-state index contributed by atoms with van der Waals surface area (Å²) in [5.74, 6) is -0.0966. The number of ether oxygens (including phenoxy) is 2. The summed E-state index contributed by atoms with van der Waals surface area (Å²) in [6.45, 7) is 7.53. The zero-order valence-corrected chi connectivity index (χ0v) is 16.1. The van der Waals surface area contributed by atoms with E-state index >= 15 is 0 Å². The number of amides is 1. The molecule has 0 radical (unpaired) electrons. The van der Waals surface area contributed by atoms with Gasteiger partial charge < -0.3 is 20.5 Å². The zero-order chi connectivity index (χ0) is 20.0. The van der Waals surface area contributed by atoms with Crippen LogP contribution in [0.15, 0.2) is 42.5 Å². The van der Waals surface area contributed by atoms with Crippen LogP contribution >= 0.6 is 0 Å². The minimum atomic E-state index is -0.468. The van der Waals surface area contributed by atoms with Gasteiger partial charge in [-0.05, 0) is 55.7 Å². The van der Waals surface area contributed by atoms with Gasteiger partial charge in [0, 0.05) is 5.69 Å². The SMILES string of the molecule is CC(C)OC(=O)c1ccc(N)c(OCC(=O)Nc2ccc(C(C)C)cc2)c1. The fourth-order valence-electron chi connectivity index (χ4n) is 2.36. The quantitative estimate of drug-likeness (QED) is 0.568. The van der Waals surface area contributed by atoms with E-state index in [0.29, 0.717) is 22.9 Å². The molecule has 0 aliphatic rings. The first kappa shape index (κ1) is 20.3. The van der Waals surface area contributed by atoms with Crippen LogP contribution in [-0.2, 0) is 9.53 Å². The van der Waals surface area contributed by atoms with Crippen molar-refractivity contribution in [1.29, 1.82) is 0 Å². The number of esters is 1. The topological polar surface area (TPSA) is 90.7 Å². The van der Waals surface area contributed by atoms with Gasteiger partial charge in [-0.3, -0.25) is 4.79 Å². The molecule has 6 nitrogen and oxygen atoms in total. The molecule has 0 saturated heterocycles. The molecule has 144 valence electrons. The summed E-state index contributed by atoms with van der Waals surface area (Å²) in [6, 6.07) is 12.2. The van der Waals surface area contributed by atoms with E-state index in [1.165, 1.54) is 11.6 Å². The van der Waals surface area contributed by atoms with Crippen molar-refractivity contribution in [3.63, 3.8) is 0 Å². The smallest absolute Gasteiger partial charge is 0.338 e. The standard InChI is InChI=1S/C21H26N2O4/c1-13(2)15-5-8-17(9-6-15)23-20(24)12-26-19-11-16(7-10-18(19)22)21(25)27-14(3)4/h5-11,13-14H,12,22H2,1-4H3,(H,23,24). The summed E-state index contributed by atoms with van der Waals surface area (Å²) < 4.78 is 10.6. The lowest BCUT2D eigenvalue weighted by atomic mass is 10.0. The highest BCUT2D eigenvalue weighted by molar-refractivity contribution is 5.92. The zero-order valence-electron chi connectivity index (χ0n) is 16.1. The fraction of sp³-hybridized carbons (Fsp3) is 0.333. The van der Waals surface area contributed by atoms with E-state index in [2.05, 4.69) is 19.2 Å². The number of nitrogen functional groups attached to an aromatic ring is 1. The molecular weight excluding hydrogens is 344 g/mol. The number of hydrogen-bond acceptors (Lipinski definition) is 5. The Hall–Kier alpha value is -3.02. The first-order valence-corrected chi connectivity index (χ1v) is 8.89. The second kappa shape index (κ2) is 9.07. The van der Waals surface area contributed by atoms with E-state index in [0.717, 1.165) is 0 Å². The molecule has 0 atom stereocenters. The van der Waals surface area contributed by atoms with Crippen molar-refractivity contribution in [2.75, 3.05) is 17.7 Å². The van der Waals surface area contributed by atoms with Gasteiger partial charge in [0.1, 0.15) is 5.75 Å². The minimum Gasteiger partial charge on any atom is -0.482 e. The first-order valence-electron chi connectivity index (χ1n) is 8.89. The highest BCUT2D eigenvalue weighted by Gasteiger charge is 2.13. The molecule has 0 unspecified atom stereocenters. The molecule has 1 amide bonds. The van der Waals surface area contributed by atoms with E-state index in [9.17, 15) is 9.59 Å².